The normalized spacial score (nSPS) is 13.2. The van der Waals surface area contributed by atoms with E-state index in [-0.39, 0.29) is 0 Å². The van der Waals surface area contributed by atoms with E-state index in [9.17, 15) is 0 Å². The van der Waals surface area contributed by atoms with Crippen LogP contribution in [0.15, 0.2) is 16.8 Å². The molecular formula is C14H25NS. The Hall–Kier alpha value is -0.340. The van der Waals surface area contributed by atoms with Gasteiger partial charge in [-0.2, -0.15) is 11.3 Å². The van der Waals surface area contributed by atoms with Gasteiger partial charge >= 0.3 is 0 Å². The number of thiophene rings is 1. The van der Waals surface area contributed by atoms with Crippen molar-refractivity contribution < 1.29 is 0 Å². The molecule has 16 heavy (non-hydrogen) atoms. The van der Waals surface area contributed by atoms with Crippen LogP contribution in [0.1, 0.15) is 39.2 Å². The van der Waals surface area contributed by atoms with Gasteiger partial charge in [0.2, 0.25) is 0 Å². The molecule has 0 aliphatic rings. The van der Waals surface area contributed by atoms with Crippen LogP contribution in [0, 0.1) is 11.8 Å². The highest BCUT2D eigenvalue weighted by atomic mass is 32.1. The fourth-order valence-corrected chi connectivity index (χ4v) is 2.51. The molecule has 0 amide bonds. The number of hydrogen-bond acceptors (Lipinski definition) is 2. The monoisotopic (exact) mass is 239 g/mol. The molecule has 92 valence electrons. The zero-order valence-electron chi connectivity index (χ0n) is 10.8. The summed E-state index contributed by atoms with van der Waals surface area (Å²) in [5.41, 5.74) is 1.51. The summed E-state index contributed by atoms with van der Waals surface area (Å²) in [4.78, 5) is 0. The number of nitrogens with one attached hydrogen (secondary N) is 1. The van der Waals surface area contributed by atoms with E-state index in [1.807, 2.05) is 0 Å². The van der Waals surface area contributed by atoms with Crippen molar-refractivity contribution in [3.63, 3.8) is 0 Å². The fourth-order valence-electron chi connectivity index (χ4n) is 1.81. The second-order valence-corrected chi connectivity index (χ2v) is 5.96. The van der Waals surface area contributed by atoms with Crippen molar-refractivity contribution in [3.8, 4) is 0 Å². The van der Waals surface area contributed by atoms with E-state index >= 15 is 0 Å². The number of aryl methyl sites for hydroxylation is 1. The maximum absolute atomic E-state index is 3.53. The van der Waals surface area contributed by atoms with Crippen LogP contribution in [0.5, 0.6) is 0 Å². The average molecular weight is 239 g/mol. The van der Waals surface area contributed by atoms with Crippen LogP contribution in [-0.4, -0.2) is 13.1 Å². The topological polar surface area (TPSA) is 12.0 Å². The van der Waals surface area contributed by atoms with Crippen LogP contribution in [-0.2, 0) is 6.42 Å². The summed E-state index contributed by atoms with van der Waals surface area (Å²) < 4.78 is 0. The number of hydrogen-bond donors (Lipinski definition) is 1. The van der Waals surface area contributed by atoms with Crippen LogP contribution < -0.4 is 5.32 Å². The van der Waals surface area contributed by atoms with Gasteiger partial charge in [0.15, 0.2) is 0 Å². The fraction of sp³-hybridized carbons (Fsp3) is 0.714. The summed E-state index contributed by atoms with van der Waals surface area (Å²) in [5, 5.41) is 7.97. The van der Waals surface area contributed by atoms with Crippen molar-refractivity contribution in [1.82, 2.24) is 5.32 Å². The van der Waals surface area contributed by atoms with Gasteiger partial charge in [-0.3, -0.25) is 0 Å². The van der Waals surface area contributed by atoms with E-state index in [0.29, 0.717) is 0 Å². The predicted octanol–water partition coefficient (Wildman–Crippen LogP) is 3.95. The highest BCUT2D eigenvalue weighted by Crippen LogP contribution is 2.12. The first kappa shape index (κ1) is 13.7. The molecule has 0 bridgehead atoms. The van der Waals surface area contributed by atoms with Gasteiger partial charge in [0.25, 0.3) is 0 Å². The first-order valence-corrected chi connectivity index (χ1v) is 7.34. The quantitative estimate of drug-likeness (QED) is 0.724. The van der Waals surface area contributed by atoms with Gasteiger partial charge in [-0.15, -0.1) is 0 Å². The second kappa shape index (κ2) is 7.86. The Morgan fingerprint density at radius 3 is 2.69 bits per heavy atom. The third-order valence-electron chi connectivity index (χ3n) is 2.79. The van der Waals surface area contributed by atoms with Gasteiger partial charge in [-0.25, -0.2) is 0 Å². The first-order chi connectivity index (χ1) is 7.68. The zero-order valence-corrected chi connectivity index (χ0v) is 11.6. The van der Waals surface area contributed by atoms with Crippen LogP contribution in [0.25, 0.3) is 0 Å². The minimum atomic E-state index is 0.762. The molecular weight excluding hydrogens is 214 g/mol. The van der Waals surface area contributed by atoms with E-state index < -0.39 is 0 Å². The van der Waals surface area contributed by atoms with Gasteiger partial charge in [-0.05, 0) is 66.6 Å². The minimum absolute atomic E-state index is 0.762. The van der Waals surface area contributed by atoms with Gasteiger partial charge in [0.05, 0.1) is 0 Å². The smallest absolute Gasteiger partial charge is 0.00230 e. The van der Waals surface area contributed by atoms with Gasteiger partial charge in [0.1, 0.15) is 0 Å². The summed E-state index contributed by atoms with van der Waals surface area (Å²) in [6, 6.07) is 2.24. The van der Waals surface area contributed by atoms with Crippen molar-refractivity contribution in [2.75, 3.05) is 13.1 Å². The lowest BCUT2D eigenvalue weighted by atomic mass is 10.0. The lowest BCUT2D eigenvalue weighted by Gasteiger charge is -2.13. The minimum Gasteiger partial charge on any atom is -0.316 e. The second-order valence-electron chi connectivity index (χ2n) is 5.18. The molecule has 1 aromatic rings. The first-order valence-electron chi connectivity index (χ1n) is 6.40. The maximum atomic E-state index is 3.53. The van der Waals surface area contributed by atoms with Crippen molar-refractivity contribution in [2.45, 2.75) is 40.0 Å². The largest absolute Gasteiger partial charge is 0.316 e. The van der Waals surface area contributed by atoms with Gasteiger partial charge < -0.3 is 5.32 Å². The van der Waals surface area contributed by atoms with E-state index in [2.05, 4.69) is 42.9 Å². The maximum Gasteiger partial charge on any atom is -0.00230 e. The zero-order chi connectivity index (χ0) is 11.8. The molecule has 0 radical (unpaired) electrons. The van der Waals surface area contributed by atoms with Gasteiger partial charge in [0, 0.05) is 0 Å². The third kappa shape index (κ3) is 6.29. The average Bonchev–Trinajstić information content (AvgIpc) is 2.70. The summed E-state index contributed by atoms with van der Waals surface area (Å²) in [5.74, 6) is 1.57. The molecule has 1 nitrogen and oxygen atoms in total. The van der Waals surface area contributed by atoms with Crippen molar-refractivity contribution in [3.05, 3.63) is 22.4 Å². The molecule has 0 aromatic carbocycles. The molecule has 1 heterocycles. The number of rotatable bonds is 8. The molecule has 1 atom stereocenters. The molecule has 0 aliphatic heterocycles. The lowest BCUT2D eigenvalue weighted by Crippen LogP contribution is -2.25. The van der Waals surface area contributed by atoms with Crippen LogP contribution in [0.3, 0.4) is 0 Å². The SMILES string of the molecule is CC(C)CNCC(C)CCCc1ccsc1. The Kier molecular flexibility index (Phi) is 6.74. The summed E-state index contributed by atoms with van der Waals surface area (Å²) in [6.07, 6.45) is 3.90. The van der Waals surface area contributed by atoms with Crippen molar-refractivity contribution >= 4 is 11.3 Å². The van der Waals surface area contributed by atoms with Crippen molar-refractivity contribution in [1.29, 1.82) is 0 Å². The molecule has 1 rings (SSSR count). The molecule has 0 aliphatic carbocycles. The van der Waals surface area contributed by atoms with E-state index in [1.54, 1.807) is 11.3 Å². The molecule has 1 aromatic heterocycles. The van der Waals surface area contributed by atoms with Gasteiger partial charge in [-0.1, -0.05) is 20.8 Å². The molecule has 0 spiro atoms. The Morgan fingerprint density at radius 2 is 2.06 bits per heavy atom. The summed E-state index contributed by atoms with van der Waals surface area (Å²) >= 11 is 1.80. The standard InChI is InChI=1S/C14H25NS/c1-12(2)9-15-10-13(3)5-4-6-14-7-8-16-11-14/h7-8,11-13,15H,4-6,9-10H2,1-3H3. The Balaban J connectivity index is 2.00. The Bertz CT molecular complexity index is 254. The highest BCUT2D eigenvalue weighted by molar-refractivity contribution is 7.07. The van der Waals surface area contributed by atoms with Crippen LogP contribution in [0.2, 0.25) is 0 Å². The van der Waals surface area contributed by atoms with Crippen molar-refractivity contribution in [2.24, 2.45) is 11.8 Å². The third-order valence-corrected chi connectivity index (χ3v) is 3.52. The Labute approximate surface area is 104 Å². The molecule has 0 fully saturated rings. The predicted molar refractivity (Wildman–Crippen MR) is 74.1 cm³/mol. The lowest BCUT2D eigenvalue weighted by molar-refractivity contribution is 0.444. The van der Waals surface area contributed by atoms with Crippen LogP contribution >= 0.6 is 11.3 Å². The molecule has 2 heteroatoms. The molecule has 1 N–H and O–H groups in total. The highest BCUT2D eigenvalue weighted by Gasteiger charge is 2.02. The molecule has 1 unspecified atom stereocenters. The van der Waals surface area contributed by atoms with E-state index in [1.165, 1.54) is 31.4 Å². The summed E-state index contributed by atoms with van der Waals surface area (Å²) in [7, 11) is 0. The van der Waals surface area contributed by atoms with Crippen LogP contribution in [0.4, 0.5) is 0 Å². The summed E-state index contributed by atoms with van der Waals surface area (Å²) in [6.45, 7) is 9.18. The molecule has 0 saturated heterocycles. The van der Waals surface area contributed by atoms with E-state index in [4.69, 9.17) is 0 Å². The Morgan fingerprint density at radius 1 is 1.25 bits per heavy atom. The van der Waals surface area contributed by atoms with E-state index in [0.717, 1.165) is 18.4 Å². The molecule has 0 saturated carbocycles.